The first-order valence-electron chi connectivity index (χ1n) is 5.13. The SMILES string of the molecule is C=CCN(CC)C(=O)c1cccc(C#N)c1. The van der Waals surface area contributed by atoms with Crippen LogP contribution in [-0.4, -0.2) is 23.9 Å². The standard InChI is InChI=1S/C13H14N2O/c1-3-8-15(4-2)13(16)12-7-5-6-11(9-12)10-14/h3,5-7,9H,1,4,8H2,2H3. The summed E-state index contributed by atoms with van der Waals surface area (Å²) in [7, 11) is 0. The van der Waals surface area contributed by atoms with Crippen molar-refractivity contribution >= 4 is 5.91 Å². The Morgan fingerprint density at radius 3 is 2.94 bits per heavy atom. The molecule has 0 aliphatic heterocycles. The normalized spacial score (nSPS) is 9.25. The average molecular weight is 214 g/mol. The Labute approximate surface area is 95.6 Å². The first kappa shape index (κ1) is 12.0. The third-order valence-corrected chi connectivity index (χ3v) is 2.26. The summed E-state index contributed by atoms with van der Waals surface area (Å²) in [5, 5.41) is 8.75. The van der Waals surface area contributed by atoms with Gasteiger partial charge in [-0.05, 0) is 25.1 Å². The van der Waals surface area contributed by atoms with Crippen molar-refractivity contribution in [1.82, 2.24) is 4.90 Å². The predicted molar refractivity (Wildman–Crippen MR) is 62.9 cm³/mol. The number of hydrogen-bond acceptors (Lipinski definition) is 2. The molecule has 0 bridgehead atoms. The highest BCUT2D eigenvalue weighted by molar-refractivity contribution is 5.94. The van der Waals surface area contributed by atoms with E-state index in [0.717, 1.165) is 0 Å². The number of carbonyl (C=O) groups is 1. The Hall–Kier alpha value is -2.08. The van der Waals surface area contributed by atoms with E-state index in [9.17, 15) is 4.79 Å². The Kier molecular flexibility index (Phi) is 4.28. The van der Waals surface area contributed by atoms with E-state index in [1.165, 1.54) is 0 Å². The minimum atomic E-state index is -0.0699. The van der Waals surface area contributed by atoms with Crippen molar-refractivity contribution in [3.05, 3.63) is 48.0 Å². The van der Waals surface area contributed by atoms with Crippen molar-refractivity contribution in [3.63, 3.8) is 0 Å². The average Bonchev–Trinajstić information content (AvgIpc) is 2.35. The molecule has 16 heavy (non-hydrogen) atoms. The van der Waals surface area contributed by atoms with Gasteiger partial charge in [0.05, 0.1) is 11.6 Å². The molecule has 0 spiro atoms. The molecule has 1 aromatic carbocycles. The summed E-state index contributed by atoms with van der Waals surface area (Å²) >= 11 is 0. The monoisotopic (exact) mass is 214 g/mol. The lowest BCUT2D eigenvalue weighted by molar-refractivity contribution is 0.0782. The van der Waals surface area contributed by atoms with Crippen molar-refractivity contribution in [3.8, 4) is 6.07 Å². The first-order chi connectivity index (χ1) is 7.72. The van der Waals surface area contributed by atoms with Gasteiger partial charge in [-0.3, -0.25) is 4.79 Å². The van der Waals surface area contributed by atoms with Gasteiger partial charge in [-0.2, -0.15) is 5.26 Å². The zero-order valence-corrected chi connectivity index (χ0v) is 9.31. The van der Waals surface area contributed by atoms with Crippen LogP contribution in [0.15, 0.2) is 36.9 Å². The van der Waals surface area contributed by atoms with Crippen LogP contribution in [0.25, 0.3) is 0 Å². The number of carbonyl (C=O) groups excluding carboxylic acids is 1. The van der Waals surface area contributed by atoms with Gasteiger partial charge in [0.15, 0.2) is 0 Å². The number of hydrogen-bond donors (Lipinski definition) is 0. The fraction of sp³-hybridized carbons (Fsp3) is 0.231. The van der Waals surface area contributed by atoms with E-state index < -0.39 is 0 Å². The molecule has 82 valence electrons. The third-order valence-electron chi connectivity index (χ3n) is 2.26. The van der Waals surface area contributed by atoms with E-state index in [1.807, 2.05) is 13.0 Å². The van der Waals surface area contributed by atoms with Crippen LogP contribution in [0.2, 0.25) is 0 Å². The zero-order chi connectivity index (χ0) is 12.0. The Morgan fingerprint density at radius 1 is 1.62 bits per heavy atom. The van der Waals surface area contributed by atoms with Crippen LogP contribution in [0.3, 0.4) is 0 Å². The molecular formula is C13H14N2O. The van der Waals surface area contributed by atoms with Gasteiger partial charge in [0.25, 0.3) is 5.91 Å². The molecule has 0 heterocycles. The van der Waals surface area contributed by atoms with Crippen molar-refractivity contribution in [1.29, 1.82) is 5.26 Å². The lowest BCUT2D eigenvalue weighted by Gasteiger charge is -2.18. The van der Waals surface area contributed by atoms with Crippen molar-refractivity contribution in [2.45, 2.75) is 6.92 Å². The molecule has 0 saturated carbocycles. The van der Waals surface area contributed by atoms with Gasteiger partial charge in [-0.1, -0.05) is 12.1 Å². The maximum Gasteiger partial charge on any atom is 0.254 e. The smallest absolute Gasteiger partial charge is 0.254 e. The molecule has 0 fully saturated rings. The maximum atomic E-state index is 12.0. The quantitative estimate of drug-likeness (QED) is 0.721. The summed E-state index contributed by atoms with van der Waals surface area (Å²) in [6, 6.07) is 8.74. The molecule has 0 aliphatic carbocycles. The number of amides is 1. The van der Waals surface area contributed by atoms with Gasteiger partial charge in [0, 0.05) is 18.7 Å². The predicted octanol–water partition coefficient (Wildman–Crippen LogP) is 2.21. The van der Waals surface area contributed by atoms with E-state index >= 15 is 0 Å². The van der Waals surface area contributed by atoms with Crippen molar-refractivity contribution in [2.75, 3.05) is 13.1 Å². The minimum absolute atomic E-state index is 0.0699. The van der Waals surface area contributed by atoms with Crippen LogP contribution >= 0.6 is 0 Å². The fourth-order valence-electron chi connectivity index (χ4n) is 1.42. The molecule has 0 saturated heterocycles. The Balaban J connectivity index is 2.94. The summed E-state index contributed by atoms with van der Waals surface area (Å²) in [6.45, 7) is 6.67. The van der Waals surface area contributed by atoms with Crippen LogP contribution in [0.1, 0.15) is 22.8 Å². The van der Waals surface area contributed by atoms with E-state index in [0.29, 0.717) is 24.2 Å². The summed E-state index contributed by atoms with van der Waals surface area (Å²) in [5.41, 5.74) is 1.04. The zero-order valence-electron chi connectivity index (χ0n) is 9.31. The van der Waals surface area contributed by atoms with Gasteiger partial charge < -0.3 is 4.90 Å². The molecule has 0 aromatic heterocycles. The number of likely N-dealkylation sites (N-methyl/N-ethyl adjacent to an activating group) is 1. The van der Waals surface area contributed by atoms with E-state index in [-0.39, 0.29) is 5.91 Å². The van der Waals surface area contributed by atoms with Gasteiger partial charge >= 0.3 is 0 Å². The molecule has 3 nitrogen and oxygen atoms in total. The minimum Gasteiger partial charge on any atom is -0.335 e. The highest BCUT2D eigenvalue weighted by Crippen LogP contribution is 2.07. The fourth-order valence-corrected chi connectivity index (χ4v) is 1.42. The third kappa shape index (κ3) is 2.71. The molecule has 1 rings (SSSR count). The molecule has 0 radical (unpaired) electrons. The second-order valence-corrected chi connectivity index (χ2v) is 3.33. The Bertz CT molecular complexity index is 432. The van der Waals surface area contributed by atoms with Gasteiger partial charge in [-0.25, -0.2) is 0 Å². The lowest BCUT2D eigenvalue weighted by Crippen LogP contribution is -2.30. The van der Waals surface area contributed by atoms with Crippen molar-refractivity contribution in [2.24, 2.45) is 0 Å². The number of rotatable bonds is 4. The largest absolute Gasteiger partial charge is 0.335 e. The summed E-state index contributed by atoms with van der Waals surface area (Å²) in [4.78, 5) is 13.7. The summed E-state index contributed by atoms with van der Waals surface area (Å²) in [5.74, 6) is -0.0699. The molecule has 0 N–H and O–H groups in total. The Morgan fingerprint density at radius 2 is 2.38 bits per heavy atom. The van der Waals surface area contributed by atoms with Crippen LogP contribution < -0.4 is 0 Å². The van der Waals surface area contributed by atoms with Crippen molar-refractivity contribution < 1.29 is 4.79 Å². The molecule has 3 heteroatoms. The maximum absolute atomic E-state index is 12.0. The molecule has 1 aromatic rings. The lowest BCUT2D eigenvalue weighted by atomic mass is 10.1. The molecular weight excluding hydrogens is 200 g/mol. The highest BCUT2D eigenvalue weighted by Gasteiger charge is 2.12. The second-order valence-electron chi connectivity index (χ2n) is 3.33. The number of nitriles is 1. The number of nitrogens with zero attached hydrogens (tertiary/aromatic N) is 2. The molecule has 0 atom stereocenters. The van der Waals surface area contributed by atoms with Crippen LogP contribution in [0.4, 0.5) is 0 Å². The van der Waals surface area contributed by atoms with E-state index in [2.05, 4.69) is 6.58 Å². The van der Waals surface area contributed by atoms with E-state index in [1.54, 1.807) is 35.2 Å². The van der Waals surface area contributed by atoms with Gasteiger partial charge in [-0.15, -0.1) is 6.58 Å². The second kappa shape index (κ2) is 5.72. The van der Waals surface area contributed by atoms with E-state index in [4.69, 9.17) is 5.26 Å². The highest BCUT2D eigenvalue weighted by atomic mass is 16.2. The summed E-state index contributed by atoms with van der Waals surface area (Å²) < 4.78 is 0. The molecule has 0 unspecified atom stereocenters. The van der Waals surface area contributed by atoms with Gasteiger partial charge in [0.1, 0.15) is 0 Å². The van der Waals surface area contributed by atoms with Crippen LogP contribution in [0.5, 0.6) is 0 Å². The molecule has 0 aliphatic rings. The van der Waals surface area contributed by atoms with Crippen LogP contribution in [0, 0.1) is 11.3 Å². The molecule has 1 amide bonds. The van der Waals surface area contributed by atoms with Gasteiger partial charge in [0.2, 0.25) is 0 Å². The summed E-state index contributed by atoms with van der Waals surface area (Å²) in [6.07, 6.45) is 1.69. The van der Waals surface area contributed by atoms with Crippen LogP contribution in [-0.2, 0) is 0 Å². The number of benzene rings is 1. The first-order valence-corrected chi connectivity index (χ1v) is 5.13. The topological polar surface area (TPSA) is 44.1 Å².